The van der Waals surface area contributed by atoms with E-state index < -0.39 is 0 Å². The largest absolute Gasteiger partial charge is 0.457 e. The Morgan fingerprint density at radius 3 is 2.82 bits per heavy atom. The standard InChI is InChI=1S/C14H13BrO2/c1-2-4-10-5-3-6-11(9-10)13(16)12-7-8-17-14(12)15/h3,5-9H,2,4H2,1H3. The van der Waals surface area contributed by atoms with E-state index in [1.165, 1.54) is 11.8 Å². The molecule has 0 atom stereocenters. The lowest BCUT2D eigenvalue weighted by molar-refractivity contribution is 0.103. The summed E-state index contributed by atoms with van der Waals surface area (Å²) in [4.78, 5) is 12.2. The van der Waals surface area contributed by atoms with Gasteiger partial charge in [-0.2, -0.15) is 0 Å². The number of halogens is 1. The van der Waals surface area contributed by atoms with Crippen LogP contribution in [0.25, 0.3) is 0 Å². The van der Waals surface area contributed by atoms with Crippen molar-refractivity contribution in [2.24, 2.45) is 0 Å². The minimum atomic E-state index is -0.0106. The van der Waals surface area contributed by atoms with E-state index in [2.05, 4.69) is 22.9 Å². The molecule has 17 heavy (non-hydrogen) atoms. The first-order valence-corrected chi connectivity index (χ1v) is 6.38. The van der Waals surface area contributed by atoms with Crippen molar-refractivity contribution in [1.82, 2.24) is 0 Å². The van der Waals surface area contributed by atoms with Crippen LogP contribution in [-0.4, -0.2) is 5.78 Å². The molecule has 0 N–H and O–H groups in total. The van der Waals surface area contributed by atoms with Crippen LogP contribution < -0.4 is 0 Å². The molecule has 2 nitrogen and oxygen atoms in total. The molecule has 0 unspecified atom stereocenters. The Hall–Kier alpha value is -1.35. The molecule has 0 saturated heterocycles. The third-order valence-electron chi connectivity index (χ3n) is 2.59. The number of benzene rings is 1. The number of furan rings is 1. The Kier molecular flexibility index (Phi) is 3.79. The lowest BCUT2D eigenvalue weighted by Crippen LogP contribution is -2.01. The number of aryl methyl sites for hydroxylation is 1. The van der Waals surface area contributed by atoms with Gasteiger partial charge in [-0.1, -0.05) is 31.5 Å². The maximum Gasteiger partial charge on any atom is 0.197 e. The van der Waals surface area contributed by atoms with Crippen LogP contribution in [0.1, 0.15) is 34.8 Å². The predicted molar refractivity (Wildman–Crippen MR) is 70.3 cm³/mol. The molecule has 2 rings (SSSR count). The van der Waals surface area contributed by atoms with Gasteiger partial charge in [-0.3, -0.25) is 4.79 Å². The Balaban J connectivity index is 2.31. The molecule has 0 aliphatic rings. The molecule has 2 aromatic rings. The molecule has 1 aromatic carbocycles. The van der Waals surface area contributed by atoms with E-state index in [4.69, 9.17) is 4.42 Å². The SMILES string of the molecule is CCCc1cccc(C(=O)c2ccoc2Br)c1. The maximum atomic E-state index is 12.2. The third kappa shape index (κ3) is 2.67. The summed E-state index contributed by atoms with van der Waals surface area (Å²) in [7, 11) is 0. The summed E-state index contributed by atoms with van der Waals surface area (Å²) in [5.41, 5.74) is 2.47. The molecule has 88 valence electrons. The molecular formula is C14H13BrO2. The van der Waals surface area contributed by atoms with Gasteiger partial charge in [-0.15, -0.1) is 0 Å². The predicted octanol–water partition coefficient (Wildman–Crippen LogP) is 4.23. The molecule has 0 bridgehead atoms. The first-order valence-electron chi connectivity index (χ1n) is 5.59. The lowest BCUT2D eigenvalue weighted by Gasteiger charge is -2.02. The van der Waals surface area contributed by atoms with E-state index in [0.717, 1.165) is 12.8 Å². The second-order valence-electron chi connectivity index (χ2n) is 3.89. The van der Waals surface area contributed by atoms with Crippen molar-refractivity contribution in [3.63, 3.8) is 0 Å². The van der Waals surface area contributed by atoms with Crippen LogP contribution in [0, 0.1) is 0 Å². The number of ketones is 1. The molecule has 0 aliphatic heterocycles. The highest BCUT2D eigenvalue weighted by Crippen LogP contribution is 2.21. The van der Waals surface area contributed by atoms with Gasteiger partial charge < -0.3 is 4.42 Å². The molecule has 0 fully saturated rings. The summed E-state index contributed by atoms with van der Waals surface area (Å²) in [5, 5.41) is 0. The fourth-order valence-corrected chi connectivity index (χ4v) is 2.19. The first-order chi connectivity index (χ1) is 8.22. The van der Waals surface area contributed by atoms with Gasteiger partial charge in [-0.05, 0) is 40.0 Å². The van der Waals surface area contributed by atoms with Crippen molar-refractivity contribution >= 4 is 21.7 Å². The van der Waals surface area contributed by atoms with E-state index in [1.807, 2.05) is 24.3 Å². The molecule has 1 aromatic heterocycles. The van der Waals surface area contributed by atoms with Gasteiger partial charge in [0.2, 0.25) is 0 Å². The monoisotopic (exact) mass is 292 g/mol. The maximum absolute atomic E-state index is 12.2. The first kappa shape index (κ1) is 12.1. The number of carbonyl (C=O) groups excluding carboxylic acids is 1. The molecule has 1 heterocycles. The number of carbonyl (C=O) groups is 1. The van der Waals surface area contributed by atoms with E-state index in [0.29, 0.717) is 15.8 Å². The molecule has 0 aliphatic carbocycles. The van der Waals surface area contributed by atoms with Crippen molar-refractivity contribution in [3.8, 4) is 0 Å². The van der Waals surface area contributed by atoms with Crippen molar-refractivity contribution in [2.75, 3.05) is 0 Å². The topological polar surface area (TPSA) is 30.2 Å². The molecule has 0 amide bonds. The van der Waals surface area contributed by atoms with Crippen LogP contribution in [0.5, 0.6) is 0 Å². The van der Waals surface area contributed by atoms with E-state index in [1.54, 1.807) is 6.07 Å². The normalized spacial score (nSPS) is 10.5. The van der Waals surface area contributed by atoms with Gasteiger partial charge >= 0.3 is 0 Å². The van der Waals surface area contributed by atoms with Gasteiger partial charge in [0.05, 0.1) is 11.8 Å². The van der Waals surface area contributed by atoms with Gasteiger partial charge in [-0.25, -0.2) is 0 Å². The molecule has 0 saturated carbocycles. The summed E-state index contributed by atoms with van der Waals surface area (Å²) in [6.45, 7) is 2.13. The molecule has 3 heteroatoms. The van der Waals surface area contributed by atoms with Crippen LogP contribution in [0.3, 0.4) is 0 Å². The summed E-state index contributed by atoms with van der Waals surface area (Å²) in [6.07, 6.45) is 3.58. The summed E-state index contributed by atoms with van der Waals surface area (Å²) >= 11 is 3.23. The van der Waals surface area contributed by atoms with E-state index in [9.17, 15) is 4.79 Å². The highest BCUT2D eigenvalue weighted by Gasteiger charge is 2.14. The zero-order valence-electron chi connectivity index (χ0n) is 9.57. The second-order valence-corrected chi connectivity index (χ2v) is 4.61. The zero-order chi connectivity index (χ0) is 12.3. The lowest BCUT2D eigenvalue weighted by atomic mass is 10.0. The average molecular weight is 293 g/mol. The Morgan fingerprint density at radius 1 is 1.35 bits per heavy atom. The summed E-state index contributed by atoms with van der Waals surface area (Å²) in [6, 6.07) is 9.43. The van der Waals surface area contributed by atoms with Crippen molar-refractivity contribution < 1.29 is 9.21 Å². The van der Waals surface area contributed by atoms with Crippen LogP contribution in [0.2, 0.25) is 0 Å². The van der Waals surface area contributed by atoms with Gasteiger partial charge in [0.25, 0.3) is 0 Å². The van der Waals surface area contributed by atoms with Crippen molar-refractivity contribution in [2.45, 2.75) is 19.8 Å². The van der Waals surface area contributed by atoms with E-state index in [-0.39, 0.29) is 5.78 Å². The number of hydrogen-bond acceptors (Lipinski definition) is 2. The fraction of sp³-hybridized carbons (Fsp3) is 0.214. The van der Waals surface area contributed by atoms with Crippen molar-refractivity contribution in [3.05, 3.63) is 58.0 Å². The quantitative estimate of drug-likeness (QED) is 0.790. The van der Waals surface area contributed by atoms with E-state index >= 15 is 0 Å². The van der Waals surface area contributed by atoms with Crippen LogP contribution in [0.4, 0.5) is 0 Å². The van der Waals surface area contributed by atoms with Gasteiger partial charge in [0.1, 0.15) is 0 Å². The highest BCUT2D eigenvalue weighted by molar-refractivity contribution is 9.10. The molecule has 0 radical (unpaired) electrons. The smallest absolute Gasteiger partial charge is 0.197 e. The van der Waals surface area contributed by atoms with Crippen LogP contribution >= 0.6 is 15.9 Å². The second kappa shape index (κ2) is 5.32. The Morgan fingerprint density at radius 2 is 2.18 bits per heavy atom. The third-order valence-corrected chi connectivity index (χ3v) is 3.20. The van der Waals surface area contributed by atoms with Gasteiger partial charge in [0, 0.05) is 5.56 Å². The number of hydrogen-bond donors (Lipinski definition) is 0. The number of rotatable bonds is 4. The van der Waals surface area contributed by atoms with Gasteiger partial charge in [0.15, 0.2) is 10.5 Å². The minimum Gasteiger partial charge on any atom is -0.457 e. The average Bonchev–Trinajstić information content (AvgIpc) is 2.75. The van der Waals surface area contributed by atoms with Crippen molar-refractivity contribution in [1.29, 1.82) is 0 Å². The Labute approximate surface area is 109 Å². The Bertz CT molecular complexity index is 529. The van der Waals surface area contributed by atoms with Crippen LogP contribution in [0.15, 0.2) is 45.7 Å². The summed E-state index contributed by atoms with van der Waals surface area (Å²) in [5.74, 6) is -0.0106. The minimum absolute atomic E-state index is 0.0106. The molecular weight excluding hydrogens is 280 g/mol. The highest BCUT2D eigenvalue weighted by atomic mass is 79.9. The van der Waals surface area contributed by atoms with Crippen LogP contribution in [-0.2, 0) is 6.42 Å². The fourth-order valence-electron chi connectivity index (χ4n) is 1.77. The summed E-state index contributed by atoms with van der Waals surface area (Å²) < 4.78 is 5.57. The molecule has 0 spiro atoms. The zero-order valence-corrected chi connectivity index (χ0v) is 11.2.